The van der Waals surface area contributed by atoms with Crippen molar-refractivity contribution in [1.29, 1.82) is 0 Å². The first-order valence-corrected chi connectivity index (χ1v) is 11.8. The van der Waals surface area contributed by atoms with Crippen LogP contribution in [-0.4, -0.2) is 30.4 Å². The van der Waals surface area contributed by atoms with Gasteiger partial charge >= 0.3 is 0 Å². The summed E-state index contributed by atoms with van der Waals surface area (Å²) in [7, 11) is 0. The number of nitrogens with zero attached hydrogens (tertiary/aromatic N) is 2. The minimum Gasteiger partial charge on any atom is -0.352 e. The Morgan fingerprint density at radius 2 is 2.27 bits per heavy atom. The van der Waals surface area contributed by atoms with E-state index in [9.17, 15) is 4.79 Å². The molecule has 0 aromatic carbocycles. The van der Waals surface area contributed by atoms with E-state index in [4.69, 9.17) is 0 Å². The number of carbonyl (C=O) groups is 1. The molecule has 3 unspecified atom stereocenters. The number of allylic oxidation sites excluding steroid dienone is 2. The highest BCUT2D eigenvalue weighted by molar-refractivity contribution is 14.2. The Hall–Kier alpha value is -1.44. The Morgan fingerprint density at radius 3 is 2.92 bits per heavy atom. The van der Waals surface area contributed by atoms with E-state index < -0.39 is 0 Å². The van der Waals surface area contributed by atoms with Crippen LogP contribution < -0.4 is 10.6 Å². The van der Waals surface area contributed by atoms with Gasteiger partial charge in [-0.25, -0.2) is 0 Å². The molecule has 4 rings (SSSR count). The van der Waals surface area contributed by atoms with Crippen LogP contribution in [-0.2, 0) is 4.79 Å². The van der Waals surface area contributed by atoms with Crippen molar-refractivity contribution >= 4 is 34.5 Å². The van der Waals surface area contributed by atoms with Crippen molar-refractivity contribution in [2.75, 3.05) is 0 Å². The standard InChI is InChI=1S/C20H27IN4O/c1-4-13(2)11-20(3)24-19(26)16-8-7-15(18(25(16)20)14-5-6-14)23-17-9-10-22-12-21-17/h7-10,12-14,18,23H,4-6,11H2,1-3H3,(H,24,26). The predicted molar refractivity (Wildman–Crippen MR) is 115 cm³/mol. The smallest absolute Gasteiger partial charge is 0.269 e. The van der Waals surface area contributed by atoms with E-state index in [0.717, 1.165) is 18.5 Å². The summed E-state index contributed by atoms with van der Waals surface area (Å²) in [4.78, 5) is 19.3. The zero-order valence-corrected chi connectivity index (χ0v) is 17.8. The van der Waals surface area contributed by atoms with Gasteiger partial charge in [0, 0.05) is 11.9 Å². The highest BCUT2D eigenvalue weighted by Crippen LogP contribution is 2.46. The Balaban J connectivity index is 1.67. The van der Waals surface area contributed by atoms with Gasteiger partial charge in [0.05, 0.1) is 13.9 Å². The number of carbonyl (C=O) groups excluding carboxylic acids is 1. The summed E-state index contributed by atoms with van der Waals surface area (Å²) in [5, 5.41) is 6.98. The zero-order valence-electron chi connectivity index (χ0n) is 15.6. The minimum absolute atomic E-state index is 0.0709. The molecule has 0 aromatic rings. The average Bonchev–Trinajstić information content (AvgIpc) is 3.43. The Labute approximate surface area is 165 Å². The fourth-order valence-corrected chi connectivity index (χ4v) is 5.67. The zero-order chi connectivity index (χ0) is 18.3. The third kappa shape index (κ3) is 3.28. The first-order chi connectivity index (χ1) is 12.5. The van der Waals surface area contributed by atoms with Crippen molar-refractivity contribution in [3.8, 4) is 0 Å². The molecule has 1 aliphatic carbocycles. The molecule has 0 aromatic heterocycles. The van der Waals surface area contributed by atoms with Crippen LogP contribution in [0.4, 0.5) is 0 Å². The van der Waals surface area contributed by atoms with Crippen molar-refractivity contribution in [2.45, 2.75) is 58.2 Å². The quantitative estimate of drug-likeness (QED) is 0.591. The summed E-state index contributed by atoms with van der Waals surface area (Å²) in [5.74, 6) is 1.27. The monoisotopic (exact) mass is 466 g/mol. The maximum absolute atomic E-state index is 12.7. The summed E-state index contributed by atoms with van der Waals surface area (Å²) in [6.45, 7) is 6.69. The topological polar surface area (TPSA) is 56.7 Å². The van der Waals surface area contributed by atoms with Crippen molar-refractivity contribution in [2.24, 2.45) is 16.8 Å². The van der Waals surface area contributed by atoms with Crippen LogP contribution in [0.25, 0.3) is 0 Å². The summed E-state index contributed by atoms with van der Waals surface area (Å²) in [6.07, 6.45) is 12.6. The molecule has 6 heteroatoms. The fourth-order valence-electron chi connectivity index (χ4n) is 4.19. The lowest BCUT2D eigenvalue weighted by Gasteiger charge is -2.45. The van der Waals surface area contributed by atoms with Crippen LogP contribution in [0.5, 0.6) is 0 Å². The van der Waals surface area contributed by atoms with Gasteiger partial charge in [-0.2, -0.15) is 0 Å². The molecule has 0 spiro atoms. The van der Waals surface area contributed by atoms with Crippen LogP contribution >= 0.6 is 20.7 Å². The number of hydrogen-bond acceptors (Lipinski definition) is 4. The van der Waals surface area contributed by atoms with Gasteiger partial charge in [-0.3, -0.25) is 9.79 Å². The summed E-state index contributed by atoms with van der Waals surface area (Å²) >= 11 is -0.198. The lowest BCUT2D eigenvalue weighted by Crippen LogP contribution is -2.56. The number of halogens is 1. The highest BCUT2D eigenvalue weighted by atomic mass is 127. The Kier molecular flexibility index (Phi) is 4.79. The lowest BCUT2D eigenvalue weighted by atomic mass is 9.91. The SMILES string of the molecule is CCC(C)CC1(C)NC(=O)C2=CC=C(NC3=IC=NC=C3)C(C3CC3)N21. The second-order valence-electron chi connectivity index (χ2n) is 7.92. The maximum Gasteiger partial charge on any atom is 0.269 e. The first-order valence-electron chi connectivity index (χ1n) is 9.51. The second kappa shape index (κ2) is 6.94. The van der Waals surface area contributed by atoms with Gasteiger partial charge in [-0.1, -0.05) is 20.3 Å². The van der Waals surface area contributed by atoms with Gasteiger partial charge in [-0.15, -0.1) is 0 Å². The van der Waals surface area contributed by atoms with Gasteiger partial charge in [0.15, 0.2) is 0 Å². The van der Waals surface area contributed by atoms with Crippen LogP contribution in [0.1, 0.15) is 46.5 Å². The normalized spacial score (nSPS) is 31.3. The molecule has 1 amide bonds. The molecule has 2 N–H and O–H groups in total. The minimum atomic E-state index is -0.309. The van der Waals surface area contributed by atoms with Crippen molar-refractivity contribution < 1.29 is 4.79 Å². The van der Waals surface area contributed by atoms with Crippen LogP contribution in [0.3, 0.4) is 0 Å². The van der Waals surface area contributed by atoms with Gasteiger partial charge in [0.25, 0.3) is 5.91 Å². The third-order valence-corrected chi connectivity index (χ3v) is 7.63. The number of fused-ring (bicyclic) bond motifs is 1. The number of aliphatic imine (C=N–C) groups is 1. The van der Waals surface area contributed by atoms with E-state index in [1.165, 1.54) is 22.2 Å². The molecule has 2 fully saturated rings. The number of nitrogens with one attached hydrogen (secondary N) is 2. The molecule has 0 bridgehead atoms. The molecule has 0 radical (unpaired) electrons. The van der Waals surface area contributed by atoms with Gasteiger partial charge < -0.3 is 15.5 Å². The molecular weight excluding hydrogens is 439 g/mol. The fraction of sp³-hybridized carbons (Fsp3) is 0.550. The van der Waals surface area contributed by atoms with Crippen LogP contribution in [0, 0.1) is 11.8 Å². The Morgan fingerprint density at radius 1 is 1.46 bits per heavy atom. The number of rotatable bonds is 6. The largest absolute Gasteiger partial charge is 0.352 e. The maximum atomic E-state index is 12.7. The first kappa shape index (κ1) is 17.9. The highest BCUT2D eigenvalue weighted by Gasteiger charge is 2.53. The molecule has 4 aliphatic rings. The molecule has 3 aliphatic heterocycles. The number of amides is 1. The van der Waals surface area contributed by atoms with Gasteiger partial charge in [0.2, 0.25) is 0 Å². The van der Waals surface area contributed by atoms with E-state index in [0.29, 0.717) is 11.8 Å². The van der Waals surface area contributed by atoms with E-state index in [1.54, 1.807) is 0 Å². The van der Waals surface area contributed by atoms with Crippen molar-refractivity contribution in [3.05, 3.63) is 35.8 Å². The molecule has 1 saturated heterocycles. The van der Waals surface area contributed by atoms with E-state index >= 15 is 0 Å². The average molecular weight is 466 g/mol. The molecule has 140 valence electrons. The molecule has 1 saturated carbocycles. The third-order valence-electron chi connectivity index (χ3n) is 5.73. The van der Waals surface area contributed by atoms with Crippen LogP contribution in [0.15, 0.2) is 40.8 Å². The molecule has 3 atom stereocenters. The summed E-state index contributed by atoms with van der Waals surface area (Å²) < 4.78 is 3.31. The van der Waals surface area contributed by atoms with Gasteiger partial charge in [-0.05, 0) is 77.0 Å². The number of hydrogen-bond donors (Lipinski definition) is 2. The van der Waals surface area contributed by atoms with Crippen molar-refractivity contribution in [1.82, 2.24) is 15.5 Å². The van der Waals surface area contributed by atoms with Crippen molar-refractivity contribution in [3.63, 3.8) is 0 Å². The predicted octanol–water partition coefficient (Wildman–Crippen LogP) is 3.38. The van der Waals surface area contributed by atoms with Crippen LogP contribution in [0.2, 0.25) is 0 Å². The molecule has 3 heterocycles. The molecular formula is C20H27IN4O. The summed E-state index contributed by atoms with van der Waals surface area (Å²) in [6, 6.07) is 0.256. The summed E-state index contributed by atoms with van der Waals surface area (Å²) in [5.41, 5.74) is 1.76. The van der Waals surface area contributed by atoms with E-state index in [1.807, 2.05) is 16.5 Å². The lowest BCUT2D eigenvalue weighted by molar-refractivity contribution is -0.117. The molecule has 5 nitrogen and oxygen atoms in total. The van der Waals surface area contributed by atoms with E-state index in [2.05, 4.69) is 53.4 Å². The second-order valence-corrected chi connectivity index (χ2v) is 10.3. The Bertz CT molecular complexity index is 762. The molecule has 26 heavy (non-hydrogen) atoms. The van der Waals surface area contributed by atoms with Gasteiger partial charge in [0.1, 0.15) is 11.4 Å². The van der Waals surface area contributed by atoms with E-state index in [-0.39, 0.29) is 38.3 Å².